The third-order valence-electron chi connectivity index (χ3n) is 27.0. The Morgan fingerprint density at radius 1 is 0.169 bits per heavy atom. The van der Waals surface area contributed by atoms with E-state index < -0.39 is 0 Å². The van der Waals surface area contributed by atoms with Gasteiger partial charge >= 0.3 is 0 Å². The summed E-state index contributed by atoms with van der Waals surface area (Å²) in [5, 5.41) is 29.8. The summed E-state index contributed by atoms with van der Waals surface area (Å²) in [7, 11) is 0. The zero-order valence-corrected chi connectivity index (χ0v) is 70.8. The molecule has 0 amide bonds. The van der Waals surface area contributed by atoms with E-state index in [4.69, 9.17) is 38.7 Å². The van der Waals surface area contributed by atoms with Gasteiger partial charge in [0.2, 0.25) is 0 Å². The largest absolute Gasteiger partial charge is 0.456 e. The lowest BCUT2D eigenvalue weighted by molar-refractivity contribution is 0.669. The molecule has 0 fully saturated rings. The van der Waals surface area contributed by atoms with Crippen LogP contribution < -0.4 is 0 Å². The standard InChI is InChI=1S/C118H64N8O2S2/c1-3-16-70-51-77(29-25-65(70)13-1)113-119-115(123-117(121-113)81-40-50-107-94(55-81)88-22-10-12-24-106(88)129-107)79-38-46-103-97(56-79)112-92-64-85(42-32-69(92)37-49-105(112)128-103)126-99-45-35-67-15-7-8-20-86(67)110(99)95-58-83-53-74(27-28-75(83)60-101(95)126)76-33-43-89-90-44-34-82(62-109(90)130-108(89)61-76)118-122-114(78-30-26-66-14-2-4-17-71(66)52-78)120-116(124-118)80-39-47-102-96(57-80)111-91-63-84(41-31-68(91)36-48-104(111)127-102)125-98-23-11-9-21-87(98)93-54-72-18-5-6-19-73(72)59-100(93)125/h1-64H. The summed E-state index contributed by atoms with van der Waals surface area (Å²) in [5.74, 6) is 3.56. The number of rotatable bonds is 9. The summed E-state index contributed by atoms with van der Waals surface area (Å²) in [6, 6.07) is 141. The van der Waals surface area contributed by atoms with E-state index in [1.165, 1.54) is 78.7 Å². The minimum Gasteiger partial charge on any atom is -0.456 e. The second-order valence-electron chi connectivity index (χ2n) is 34.4. The summed E-state index contributed by atoms with van der Waals surface area (Å²) in [6.07, 6.45) is 0. The molecule has 29 rings (SSSR count). The van der Waals surface area contributed by atoms with Crippen LogP contribution in [0.25, 0.3) is 294 Å². The molecule has 8 heterocycles. The molecule has 0 bridgehead atoms. The van der Waals surface area contributed by atoms with Crippen LogP contribution in [0.1, 0.15) is 0 Å². The highest BCUT2D eigenvalue weighted by molar-refractivity contribution is 7.26. The first-order chi connectivity index (χ1) is 64.3. The van der Waals surface area contributed by atoms with Crippen molar-refractivity contribution in [2.75, 3.05) is 0 Å². The number of thiophene rings is 2. The maximum atomic E-state index is 6.83. The molecule has 130 heavy (non-hydrogen) atoms. The lowest BCUT2D eigenvalue weighted by Gasteiger charge is -2.11. The van der Waals surface area contributed by atoms with E-state index in [2.05, 4.69) is 397 Å². The van der Waals surface area contributed by atoms with Gasteiger partial charge in [0.25, 0.3) is 0 Å². The van der Waals surface area contributed by atoms with Crippen molar-refractivity contribution in [3.63, 3.8) is 0 Å². The van der Waals surface area contributed by atoms with Crippen molar-refractivity contribution in [3.8, 4) is 90.8 Å². The highest BCUT2D eigenvalue weighted by atomic mass is 32.1. The van der Waals surface area contributed by atoms with Crippen LogP contribution in [0, 0.1) is 0 Å². The van der Waals surface area contributed by atoms with E-state index in [0.717, 1.165) is 180 Å². The molecule has 600 valence electrons. The molecule has 0 spiro atoms. The van der Waals surface area contributed by atoms with Crippen LogP contribution in [-0.2, 0) is 0 Å². The van der Waals surface area contributed by atoms with Gasteiger partial charge in [-0.2, -0.15) is 0 Å². The highest BCUT2D eigenvalue weighted by Gasteiger charge is 2.25. The zero-order valence-electron chi connectivity index (χ0n) is 69.2. The molecule has 0 atom stereocenters. The fourth-order valence-corrected chi connectivity index (χ4v) is 23.1. The normalized spacial score (nSPS) is 12.3. The van der Waals surface area contributed by atoms with Gasteiger partial charge in [-0.1, -0.05) is 224 Å². The van der Waals surface area contributed by atoms with Crippen molar-refractivity contribution in [2.24, 2.45) is 0 Å². The first-order valence-electron chi connectivity index (χ1n) is 43.8. The van der Waals surface area contributed by atoms with Gasteiger partial charge in [0.05, 0.1) is 22.1 Å². The van der Waals surface area contributed by atoms with Gasteiger partial charge in [-0.25, -0.2) is 29.9 Å². The molecule has 0 aliphatic heterocycles. The minimum atomic E-state index is 0.573. The van der Waals surface area contributed by atoms with Gasteiger partial charge in [0.1, 0.15) is 22.3 Å². The second kappa shape index (κ2) is 27.3. The Labute approximate surface area is 747 Å². The van der Waals surface area contributed by atoms with Gasteiger partial charge in [-0.3, -0.25) is 0 Å². The van der Waals surface area contributed by atoms with Gasteiger partial charge in [0, 0.05) is 128 Å². The average molecular weight is 1690 g/mol. The summed E-state index contributed by atoms with van der Waals surface area (Å²) in [4.78, 5) is 32.1. The van der Waals surface area contributed by atoms with Crippen LogP contribution >= 0.6 is 22.7 Å². The van der Waals surface area contributed by atoms with E-state index >= 15 is 0 Å². The highest BCUT2D eigenvalue weighted by Crippen LogP contribution is 2.48. The number of furan rings is 2. The van der Waals surface area contributed by atoms with Crippen LogP contribution in [0.5, 0.6) is 0 Å². The third-order valence-corrected chi connectivity index (χ3v) is 29.3. The van der Waals surface area contributed by atoms with Crippen molar-refractivity contribution in [1.82, 2.24) is 39.0 Å². The Morgan fingerprint density at radius 2 is 0.531 bits per heavy atom. The molecular weight excluding hydrogens is 1630 g/mol. The molecule has 0 unspecified atom stereocenters. The van der Waals surface area contributed by atoms with Crippen molar-refractivity contribution < 1.29 is 8.83 Å². The summed E-state index contributed by atoms with van der Waals surface area (Å²) >= 11 is 3.60. The molecule has 0 N–H and O–H groups in total. The van der Waals surface area contributed by atoms with E-state index in [1.54, 1.807) is 22.7 Å². The van der Waals surface area contributed by atoms with Gasteiger partial charge in [-0.05, 0) is 250 Å². The number of benzene rings is 21. The molecule has 12 heteroatoms. The fraction of sp³-hybridized carbons (Fsp3) is 0. The van der Waals surface area contributed by atoms with Crippen molar-refractivity contribution >= 4 is 226 Å². The molecule has 0 saturated carbocycles. The lowest BCUT2D eigenvalue weighted by atomic mass is 9.98. The van der Waals surface area contributed by atoms with Crippen molar-refractivity contribution in [1.29, 1.82) is 0 Å². The molecule has 10 nitrogen and oxygen atoms in total. The van der Waals surface area contributed by atoms with Crippen LogP contribution in [0.3, 0.4) is 0 Å². The molecular formula is C118H64N8O2S2. The number of aromatic nitrogens is 8. The number of hydrogen-bond donors (Lipinski definition) is 0. The molecule has 21 aromatic carbocycles. The predicted molar refractivity (Wildman–Crippen MR) is 543 cm³/mol. The Balaban J connectivity index is 0.526. The fourth-order valence-electron chi connectivity index (χ4n) is 20.8. The second-order valence-corrected chi connectivity index (χ2v) is 36.6. The Bertz CT molecular complexity index is 10100. The Hall–Kier alpha value is -16.9. The van der Waals surface area contributed by atoms with E-state index in [0.29, 0.717) is 34.9 Å². The molecule has 0 aliphatic rings. The number of nitrogens with zero attached hydrogens (tertiary/aromatic N) is 8. The summed E-state index contributed by atoms with van der Waals surface area (Å²) in [5.41, 5.74) is 17.6. The van der Waals surface area contributed by atoms with E-state index in [9.17, 15) is 0 Å². The van der Waals surface area contributed by atoms with Crippen LogP contribution in [-0.4, -0.2) is 39.0 Å². The Morgan fingerprint density at radius 3 is 1.15 bits per heavy atom. The third kappa shape index (κ3) is 11.0. The zero-order chi connectivity index (χ0) is 84.7. The minimum absolute atomic E-state index is 0.573. The lowest BCUT2D eigenvalue weighted by Crippen LogP contribution is -2.00. The average Bonchev–Trinajstić information content (AvgIpc) is 1.56. The number of para-hydroxylation sites is 1. The Kier molecular flexibility index (Phi) is 15.0. The first kappa shape index (κ1) is 71.4. The first-order valence-corrected chi connectivity index (χ1v) is 45.4. The van der Waals surface area contributed by atoms with Gasteiger partial charge in [-0.15, -0.1) is 22.7 Å². The summed E-state index contributed by atoms with van der Waals surface area (Å²) in [6.45, 7) is 0. The van der Waals surface area contributed by atoms with E-state index in [1.807, 2.05) is 0 Å². The molecule has 8 aromatic heterocycles. The maximum absolute atomic E-state index is 6.83. The number of fused-ring (bicyclic) bond motifs is 28. The molecule has 0 aliphatic carbocycles. The van der Waals surface area contributed by atoms with Crippen LogP contribution in [0.2, 0.25) is 0 Å². The van der Waals surface area contributed by atoms with Gasteiger partial charge < -0.3 is 18.0 Å². The predicted octanol–water partition coefficient (Wildman–Crippen LogP) is 32.5. The van der Waals surface area contributed by atoms with Crippen molar-refractivity contribution in [3.05, 3.63) is 388 Å². The topological polar surface area (TPSA) is 113 Å². The van der Waals surface area contributed by atoms with Crippen LogP contribution in [0.15, 0.2) is 397 Å². The maximum Gasteiger partial charge on any atom is 0.164 e. The molecule has 29 aromatic rings. The quantitative estimate of drug-likeness (QED) is 0.140. The molecule has 0 saturated heterocycles. The smallest absolute Gasteiger partial charge is 0.164 e. The van der Waals surface area contributed by atoms with E-state index in [-0.39, 0.29) is 0 Å². The summed E-state index contributed by atoms with van der Waals surface area (Å²) < 4.78 is 23.3. The monoisotopic (exact) mass is 1690 g/mol. The van der Waals surface area contributed by atoms with Crippen LogP contribution in [0.4, 0.5) is 0 Å². The number of hydrogen-bond acceptors (Lipinski definition) is 10. The molecule has 0 radical (unpaired) electrons. The van der Waals surface area contributed by atoms with Gasteiger partial charge in [0.15, 0.2) is 34.9 Å². The van der Waals surface area contributed by atoms with Crippen molar-refractivity contribution in [2.45, 2.75) is 0 Å². The SMILES string of the molecule is c1ccc2cc(-c3nc(-c4ccc5c(c4)sc4cc(-c6ccc7cc8c(cc7c6)c6c7ccccc7ccc6n8-c6ccc7ccc8oc9ccc(-c%10nc(-c%11ccc%12ccccc%12c%11)nc(-c%11ccc%12sc%13ccccc%13c%12c%11)n%10)cc9c8c7c6)ccc45)nc(-c4ccc5oc6ccc7ccc(-n8c9ccccc9c9cc%10ccccc%10cc98)cc7c6c5c4)n3)ccc2c1.